The molecule has 36 heavy (non-hydrogen) atoms. The molecule has 186 valence electrons. The normalized spacial score (nSPS) is 20.7. The Balaban J connectivity index is 1.55. The zero-order valence-corrected chi connectivity index (χ0v) is 22.6. The van der Waals surface area contributed by atoms with Gasteiger partial charge in [0.15, 0.2) is 0 Å². The highest BCUT2D eigenvalue weighted by atomic mass is 14.9. The summed E-state index contributed by atoms with van der Waals surface area (Å²) in [6, 6.07) is 20.4. The lowest BCUT2D eigenvalue weighted by Gasteiger charge is -2.29. The van der Waals surface area contributed by atoms with Crippen molar-refractivity contribution in [3.05, 3.63) is 105 Å². The van der Waals surface area contributed by atoms with Crippen molar-refractivity contribution < 1.29 is 0 Å². The minimum absolute atomic E-state index is 0.211. The van der Waals surface area contributed by atoms with Crippen LogP contribution in [0.25, 0.3) is 0 Å². The number of aryl methyl sites for hydroxylation is 6. The maximum Gasteiger partial charge on any atom is 0.0540 e. The molecule has 0 radical (unpaired) electrons. The van der Waals surface area contributed by atoms with Gasteiger partial charge in [-0.05, 0) is 77.5 Å². The first-order valence-corrected chi connectivity index (χ1v) is 13.1. The second kappa shape index (κ2) is 11.6. The molecule has 0 heterocycles. The van der Waals surface area contributed by atoms with Crippen LogP contribution < -0.4 is 0 Å². The van der Waals surface area contributed by atoms with Gasteiger partial charge in [-0.25, -0.2) is 0 Å². The number of hydrogen-bond donors (Lipinski definition) is 0. The molecule has 0 unspecified atom stereocenters. The maximum absolute atomic E-state index is 5.03. The summed E-state index contributed by atoms with van der Waals surface area (Å²) in [6.07, 6.45) is 9.01. The standard InChI is InChI=1S/C33H39N3/c1-22-7-23(2)11-28(10-22)19-34-31-16-32(35-20-29-12-24(3)8-25(4)13-29)18-33(17-31)36-21-30-14-26(5)9-27(6)15-30/h7-15,19-21,31-33H,16-18H2,1-6H3. The highest BCUT2D eigenvalue weighted by Crippen LogP contribution is 2.27. The molecule has 0 N–H and O–H groups in total. The summed E-state index contributed by atoms with van der Waals surface area (Å²) in [5, 5.41) is 0. The molecule has 0 aromatic heterocycles. The third-order valence-electron chi connectivity index (χ3n) is 6.67. The van der Waals surface area contributed by atoms with Gasteiger partial charge in [0, 0.05) is 18.6 Å². The van der Waals surface area contributed by atoms with E-state index in [-0.39, 0.29) is 18.1 Å². The first kappa shape index (κ1) is 25.8. The Hall–Kier alpha value is -3.33. The van der Waals surface area contributed by atoms with Crippen LogP contribution in [0.1, 0.15) is 69.3 Å². The fraction of sp³-hybridized carbons (Fsp3) is 0.364. The van der Waals surface area contributed by atoms with Crippen LogP contribution in [0.15, 0.2) is 69.6 Å². The highest BCUT2D eigenvalue weighted by molar-refractivity contribution is 5.81. The molecule has 4 rings (SSSR count). The molecule has 1 aliphatic rings. The first-order chi connectivity index (χ1) is 17.2. The summed E-state index contributed by atoms with van der Waals surface area (Å²) in [4.78, 5) is 15.1. The summed E-state index contributed by atoms with van der Waals surface area (Å²) in [7, 11) is 0. The molecule has 0 spiro atoms. The summed E-state index contributed by atoms with van der Waals surface area (Å²) in [5.41, 5.74) is 11.1. The van der Waals surface area contributed by atoms with E-state index in [4.69, 9.17) is 15.0 Å². The van der Waals surface area contributed by atoms with Gasteiger partial charge < -0.3 is 0 Å². The van der Waals surface area contributed by atoms with E-state index in [0.29, 0.717) is 0 Å². The summed E-state index contributed by atoms with van der Waals surface area (Å²) in [5.74, 6) is 0. The number of nitrogens with zero attached hydrogens (tertiary/aromatic N) is 3. The molecule has 3 nitrogen and oxygen atoms in total. The molecule has 3 aromatic carbocycles. The van der Waals surface area contributed by atoms with Crippen LogP contribution in [0.2, 0.25) is 0 Å². The predicted octanol–water partition coefficient (Wildman–Crippen LogP) is 7.48. The summed E-state index contributed by atoms with van der Waals surface area (Å²) < 4.78 is 0. The molecule has 1 aliphatic carbocycles. The Morgan fingerprint density at radius 2 is 0.639 bits per heavy atom. The maximum atomic E-state index is 5.03. The fourth-order valence-corrected chi connectivity index (χ4v) is 5.42. The van der Waals surface area contributed by atoms with Crippen molar-refractivity contribution >= 4 is 18.6 Å². The highest BCUT2D eigenvalue weighted by Gasteiger charge is 2.27. The third kappa shape index (κ3) is 7.58. The van der Waals surface area contributed by atoms with E-state index in [1.807, 2.05) is 18.6 Å². The fourth-order valence-electron chi connectivity index (χ4n) is 5.42. The SMILES string of the molecule is Cc1cc(C)cc(C=NC2CC(N=Cc3cc(C)cc(C)c3)CC(N=Cc3cc(C)cc(C)c3)C2)c1. The van der Waals surface area contributed by atoms with Crippen LogP contribution in [0, 0.1) is 41.5 Å². The van der Waals surface area contributed by atoms with E-state index in [0.717, 1.165) is 19.3 Å². The second-order valence-corrected chi connectivity index (χ2v) is 10.8. The minimum atomic E-state index is 0.211. The van der Waals surface area contributed by atoms with Gasteiger partial charge in [-0.2, -0.15) is 0 Å². The predicted molar refractivity (Wildman–Crippen MR) is 156 cm³/mol. The molecular weight excluding hydrogens is 438 g/mol. The Kier molecular flexibility index (Phi) is 8.30. The van der Waals surface area contributed by atoms with Crippen LogP contribution in [0.5, 0.6) is 0 Å². The lowest BCUT2D eigenvalue weighted by molar-refractivity contribution is 0.358. The molecule has 0 bridgehead atoms. The van der Waals surface area contributed by atoms with Crippen LogP contribution in [0.3, 0.4) is 0 Å². The van der Waals surface area contributed by atoms with Gasteiger partial charge in [-0.3, -0.25) is 15.0 Å². The lowest BCUT2D eigenvalue weighted by atomic mass is 9.87. The van der Waals surface area contributed by atoms with Gasteiger partial charge in [0.1, 0.15) is 0 Å². The summed E-state index contributed by atoms with van der Waals surface area (Å²) >= 11 is 0. The van der Waals surface area contributed by atoms with Crippen molar-refractivity contribution in [2.45, 2.75) is 78.9 Å². The number of hydrogen-bond acceptors (Lipinski definition) is 3. The van der Waals surface area contributed by atoms with Crippen LogP contribution in [-0.4, -0.2) is 36.8 Å². The zero-order valence-electron chi connectivity index (χ0n) is 22.6. The van der Waals surface area contributed by atoms with Gasteiger partial charge in [-0.15, -0.1) is 0 Å². The molecule has 0 amide bonds. The average Bonchev–Trinajstić information content (AvgIpc) is 2.78. The molecule has 1 fully saturated rings. The molecule has 0 atom stereocenters. The molecule has 1 saturated carbocycles. The van der Waals surface area contributed by atoms with Gasteiger partial charge in [-0.1, -0.05) is 88.0 Å². The van der Waals surface area contributed by atoms with E-state index in [1.165, 1.54) is 50.1 Å². The van der Waals surface area contributed by atoms with Gasteiger partial charge in [0.05, 0.1) is 18.1 Å². The monoisotopic (exact) mass is 477 g/mol. The van der Waals surface area contributed by atoms with E-state index in [1.54, 1.807) is 0 Å². The van der Waals surface area contributed by atoms with Crippen molar-refractivity contribution in [1.82, 2.24) is 0 Å². The molecule has 0 aliphatic heterocycles. The van der Waals surface area contributed by atoms with Gasteiger partial charge in [0.2, 0.25) is 0 Å². The third-order valence-corrected chi connectivity index (χ3v) is 6.67. The quantitative estimate of drug-likeness (QED) is 0.330. The van der Waals surface area contributed by atoms with E-state index in [2.05, 4.69) is 96.1 Å². The van der Waals surface area contributed by atoms with Crippen molar-refractivity contribution in [1.29, 1.82) is 0 Å². The molecule has 3 aromatic rings. The van der Waals surface area contributed by atoms with Crippen LogP contribution in [-0.2, 0) is 0 Å². The average molecular weight is 478 g/mol. The van der Waals surface area contributed by atoms with Crippen molar-refractivity contribution in [3.63, 3.8) is 0 Å². The van der Waals surface area contributed by atoms with E-state index in [9.17, 15) is 0 Å². The minimum Gasteiger partial charge on any atom is -0.289 e. The summed E-state index contributed by atoms with van der Waals surface area (Å²) in [6.45, 7) is 12.8. The zero-order chi connectivity index (χ0) is 25.7. The Morgan fingerprint density at radius 1 is 0.417 bits per heavy atom. The van der Waals surface area contributed by atoms with Gasteiger partial charge >= 0.3 is 0 Å². The van der Waals surface area contributed by atoms with Crippen molar-refractivity contribution in [2.24, 2.45) is 15.0 Å². The smallest absolute Gasteiger partial charge is 0.0540 e. The number of benzene rings is 3. The Labute approximate surface area is 217 Å². The van der Waals surface area contributed by atoms with Crippen molar-refractivity contribution in [2.75, 3.05) is 0 Å². The molecule has 3 heteroatoms. The molecular formula is C33H39N3. The van der Waals surface area contributed by atoms with Crippen LogP contribution >= 0.6 is 0 Å². The largest absolute Gasteiger partial charge is 0.289 e. The number of aliphatic imine (C=N–C) groups is 3. The topological polar surface area (TPSA) is 37.1 Å². The first-order valence-electron chi connectivity index (χ1n) is 13.1. The lowest BCUT2D eigenvalue weighted by Crippen LogP contribution is -2.30. The Morgan fingerprint density at radius 3 is 0.861 bits per heavy atom. The van der Waals surface area contributed by atoms with E-state index >= 15 is 0 Å². The second-order valence-electron chi connectivity index (χ2n) is 10.8. The van der Waals surface area contributed by atoms with Crippen molar-refractivity contribution in [3.8, 4) is 0 Å². The Bertz CT molecular complexity index is 1070. The number of rotatable bonds is 6. The van der Waals surface area contributed by atoms with Crippen LogP contribution in [0.4, 0.5) is 0 Å². The molecule has 0 saturated heterocycles. The van der Waals surface area contributed by atoms with E-state index < -0.39 is 0 Å². The van der Waals surface area contributed by atoms with Gasteiger partial charge in [0.25, 0.3) is 0 Å².